The maximum absolute atomic E-state index is 6.27. The van der Waals surface area contributed by atoms with Crippen LogP contribution < -0.4 is 5.32 Å². The third-order valence-electron chi connectivity index (χ3n) is 5.61. The summed E-state index contributed by atoms with van der Waals surface area (Å²) in [5, 5.41) is 9.39. The van der Waals surface area contributed by atoms with Crippen LogP contribution in [-0.2, 0) is 12.0 Å². The van der Waals surface area contributed by atoms with Crippen molar-refractivity contribution < 1.29 is 0 Å². The molecule has 0 radical (unpaired) electrons. The van der Waals surface area contributed by atoms with Gasteiger partial charge >= 0.3 is 0 Å². The van der Waals surface area contributed by atoms with Crippen LogP contribution in [-0.4, -0.2) is 27.9 Å². The van der Waals surface area contributed by atoms with Crippen LogP contribution in [0.5, 0.6) is 0 Å². The van der Waals surface area contributed by atoms with Gasteiger partial charge in [-0.1, -0.05) is 29.3 Å². The molecule has 2 aromatic rings. The van der Waals surface area contributed by atoms with Gasteiger partial charge < -0.3 is 5.32 Å². The summed E-state index contributed by atoms with van der Waals surface area (Å²) in [7, 11) is 0. The third kappa shape index (κ3) is 2.31. The minimum Gasteiger partial charge on any atom is -0.316 e. The molecule has 2 atom stereocenters. The van der Waals surface area contributed by atoms with Crippen LogP contribution in [0.2, 0.25) is 10.0 Å². The van der Waals surface area contributed by atoms with E-state index in [1.54, 1.807) is 0 Å². The molecule has 6 heteroatoms. The fraction of sp³-hybridized carbons (Fsp3) is 0.529. The molecule has 1 aliphatic heterocycles. The molecule has 0 spiro atoms. The predicted molar refractivity (Wildman–Crippen MR) is 92.2 cm³/mol. The van der Waals surface area contributed by atoms with Gasteiger partial charge in [0.15, 0.2) is 0 Å². The van der Waals surface area contributed by atoms with Crippen molar-refractivity contribution in [3.8, 4) is 0 Å². The number of aryl methyl sites for hydroxylation is 2. The number of piperidine rings is 1. The van der Waals surface area contributed by atoms with Crippen molar-refractivity contribution in [1.29, 1.82) is 0 Å². The Bertz CT molecular complexity index is 772. The van der Waals surface area contributed by atoms with Gasteiger partial charge in [-0.05, 0) is 50.9 Å². The molecule has 0 amide bonds. The van der Waals surface area contributed by atoms with Gasteiger partial charge in [-0.15, -0.1) is 0 Å². The lowest BCUT2D eigenvalue weighted by Gasteiger charge is -2.32. The first-order chi connectivity index (χ1) is 11.0. The molecule has 23 heavy (non-hydrogen) atoms. The molecular weight excluding hydrogens is 331 g/mol. The zero-order chi connectivity index (χ0) is 16.2. The molecule has 0 unspecified atom stereocenters. The van der Waals surface area contributed by atoms with Crippen LogP contribution in [0.4, 0.5) is 0 Å². The number of nitrogens with one attached hydrogen (secondary N) is 1. The van der Waals surface area contributed by atoms with Crippen molar-refractivity contribution >= 4 is 23.2 Å². The minimum atomic E-state index is 0.179. The molecule has 1 saturated carbocycles. The van der Waals surface area contributed by atoms with Gasteiger partial charge in [0, 0.05) is 17.4 Å². The van der Waals surface area contributed by atoms with Crippen molar-refractivity contribution in [2.75, 3.05) is 13.1 Å². The highest BCUT2D eigenvalue weighted by Gasteiger charge is 2.68. The van der Waals surface area contributed by atoms with Gasteiger partial charge in [-0.3, -0.25) is 0 Å². The van der Waals surface area contributed by atoms with E-state index in [9.17, 15) is 0 Å². The predicted octanol–water partition coefficient (Wildman–Crippen LogP) is 3.52. The van der Waals surface area contributed by atoms with Crippen molar-refractivity contribution in [1.82, 2.24) is 20.1 Å². The first kappa shape index (κ1) is 15.4. The Kier molecular flexibility index (Phi) is 3.49. The normalized spacial score (nSPS) is 29.4. The number of benzene rings is 1. The molecule has 2 aliphatic rings. The molecule has 0 bridgehead atoms. The summed E-state index contributed by atoms with van der Waals surface area (Å²) in [5.41, 5.74) is 1.68. The topological polar surface area (TPSA) is 42.7 Å². The lowest BCUT2D eigenvalue weighted by Crippen LogP contribution is -2.41. The van der Waals surface area contributed by atoms with E-state index in [1.165, 1.54) is 5.56 Å². The summed E-state index contributed by atoms with van der Waals surface area (Å²) in [6.45, 7) is 6.91. The van der Waals surface area contributed by atoms with Crippen LogP contribution in [0.15, 0.2) is 18.2 Å². The summed E-state index contributed by atoms with van der Waals surface area (Å²) < 4.78 is 2.06. The van der Waals surface area contributed by atoms with Crippen molar-refractivity contribution in [3.05, 3.63) is 45.5 Å². The van der Waals surface area contributed by atoms with Crippen LogP contribution in [0.1, 0.15) is 30.1 Å². The number of aromatic nitrogens is 3. The van der Waals surface area contributed by atoms with Gasteiger partial charge in [-0.2, -0.15) is 5.10 Å². The Morgan fingerprint density at radius 1 is 1.26 bits per heavy atom. The zero-order valence-corrected chi connectivity index (χ0v) is 14.9. The summed E-state index contributed by atoms with van der Waals surface area (Å²) in [5.74, 6) is 1.82. The highest BCUT2D eigenvalue weighted by Crippen LogP contribution is 2.68. The highest BCUT2D eigenvalue weighted by molar-refractivity contribution is 6.42. The maximum Gasteiger partial charge on any atom is 0.147 e. The Morgan fingerprint density at radius 2 is 2.09 bits per heavy atom. The van der Waals surface area contributed by atoms with E-state index in [4.69, 9.17) is 23.2 Å². The quantitative estimate of drug-likeness (QED) is 0.920. The SMILES string of the molecule is Cc1nc(C)n(C[C@]23CNCC[C@@]2(c2ccc(Cl)c(Cl)c2)C3)n1. The second-order valence-corrected chi connectivity index (χ2v) is 7.77. The van der Waals surface area contributed by atoms with Crippen molar-refractivity contribution in [3.63, 3.8) is 0 Å². The average Bonchev–Trinajstić information content (AvgIpc) is 3.09. The largest absolute Gasteiger partial charge is 0.316 e. The average molecular weight is 351 g/mol. The Balaban J connectivity index is 1.70. The first-order valence-electron chi connectivity index (χ1n) is 8.00. The van der Waals surface area contributed by atoms with Crippen LogP contribution >= 0.6 is 23.2 Å². The highest BCUT2D eigenvalue weighted by atomic mass is 35.5. The Labute approximate surface area is 146 Å². The summed E-state index contributed by atoms with van der Waals surface area (Å²) in [4.78, 5) is 4.44. The lowest BCUT2D eigenvalue weighted by molar-refractivity contribution is 0.272. The van der Waals surface area contributed by atoms with Crippen LogP contribution in [0.3, 0.4) is 0 Å². The monoisotopic (exact) mass is 350 g/mol. The molecular formula is C17H20Cl2N4. The smallest absolute Gasteiger partial charge is 0.147 e. The molecule has 2 fully saturated rings. The number of hydrogen-bond donors (Lipinski definition) is 1. The standard InChI is InChI=1S/C17H20Cl2N4/c1-11-21-12(2)23(22-11)10-16-8-17(16,5-6-20-9-16)13-3-4-14(18)15(19)7-13/h3-4,7,20H,5-6,8-10H2,1-2H3/t16-,17-/m0/s1. The van der Waals surface area contributed by atoms with E-state index in [0.717, 1.165) is 44.1 Å². The van der Waals surface area contributed by atoms with Gasteiger partial charge in [-0.25, -0.2) is 9.67 Å². The summed E-state index contributed by atoms with van der Waals surface area (Å²) in [6, 6.07) is 6.11. The van der Waals surface area contributed by atoms with Crippen LogP contribution in [0.25, 0.3) is 0 Å². The van der Waals surface area contributed by atoms with Gasteiger partial charge in [0.25, 0.3) is 0 Å². The Hall–Kier alpha value is -1.10. The fourth-order valence-corrected chi connectivity index (χ4v) is 4.65. The molecule has 1 aliphatic carbocycles. The number of halogens is 2. The lowest BCUT2D eigenvalue weighted by atomic mass is 9.81. The van der Waals surface area contributed by atoms with E-state index in [1.807, 2.05) is 19.9 Å². The van der Waals surface area contributed by atoms with E-state index >= 15 is 0 Å². The molecule has 1 aromatic heterocycles. The number of nitrogens with zero attached hydrogens (tertiary/aromatic N) is 3. The molecule has 1 N–H and O–H groups in total. The second kappa shape index (κ2) is 5.20. The van der Waals surface area contributed by atoms with Gasteiger partial charge in [0.2, 0.25) is 0 Å². The molecule has 4 nitrogen and oxygen atoms in total. The van der Waals surface area contributed by atoms with Crippen molar-refractivity contribution in [2.24, 2.45) is 5.41 Å². The van der Waals surface area contributed by atoms with E-state index < -0.39 is 0 Å². The summed E-state index contributed by atoms with van der Waals surface area (Å²) >= 11 is 12.4. The molecule has 1 saturated heterocycles. The zero-order valence-electron chi connectivity index (χ0n) is 13.4. The molecule has 4 rings (SSSR count). The van der Waals surface area contributed by atoms with E-state index in [2.05, 4.69) is 32.2 Å². The number of hydrogen-bond acceptors (Lipinski definition) is 3. The number of fused-ring (bicyclic) bond motifs is 1. The van der Waals surface area contributed by atoms with Crippen molar-refractivity contribution in [2.45, 2.75) is 38.6 Å². The number of rotatable bonds is 3. The molecule has 2 heterocycles. The van der Waals surface area contributed by atoms with Gasteiger partial charge in [0.05, 0.1) is 16.6 Å². The van der Waals surface area contributed by atoms with E-state index in [-0.39, 0.29) is 10.8 Å². The van der Waals surface area contributed by atoms with Crippen LogP contribution in [0, 0.1) is 19.3 Å². The minimum absolute atomic E-state index is 0.179. The first-order valence-corrected chi connectivity index (χ1v) is 8.76. The summed E-state index contributed by atoms with van der Waals surface area (Å²) in [6.07, 6.45) is 2.28. The fourth-order valence-electron chi connectivity index (χ4n) is 4.36. The molecule has 122 valence electrons. The second-order valence-electron chi connectivity index (χ2n) is 6.96. The van der Waals surface area contributed by atoms with Gasteiger partial charge in [0.1, 0.15) is 11.6 Å². The maximum atomic E-state index is 6.27. The molecule has 1 aromatic carbocycles. The van der Waals surface area contributed by atoms with E-state index in [0.29, 0.717) is 10.0 Å². The third-order valence-corrected chi connectivity index (χ3v) is 6.35. The Morgan fingerprint density at radius 3 is 2.78 bits per heavy atom.